The van der Waals surface area contributed by atoms with Gasteiger partial charge in [-0.25, -0.2) is 9.37 Å². The van der Waals surface area contributed by atoms with Crippen molar-refractivity contribution in [2.75, 3.05) is 5.73 Å². The predicted molar refractivity (Wildman–Crippen MR) is 82.4 cm³/mol. The minimum atomic E-state index is -0.343. The molecule has 0 aliphatic carbocycles. The van der Waals surface area contributed by atoms with Crippen LogP contribution in [0.3, 0.4) is 0 Å². The molecule has 0 aliphatic heterocycles. The van der Waals surface area contributed by atoms with E-state index in [1.54, 1.807) is 16.7 Å². The highest BCUT2D eigenvalue weighted by Crippen LogP contribution is 2.26. The summed E-state index contributed by atoms with van der Waals surface area (Å²) < 4.78 is 15.8. The van der Waals surface area contributed by atoms with E-state index in [4.69, 9.17) is 17.3 Å². The van der Waals surface area contributed by atoms with E-state index < -0.39 is 0 Å². The number of fused-ring (bicyclic) bond motifs is 1. The van der Waals surface area contributed by atoms with Gasteiger partial charge in [0.15, 0.2) is 0 Å². The smallest absolute Gasteiger partial charge is 0.201 e. The molecule has 0 fully saturated rings. The lowest BCUT2D eigenvalue weighted by atomic mass is 10.2. The Labute approximate surface area is 128 Å². The summed E-state index contributed by atoms with van der Waals surface area (Å²) >= 11 is 9.11. The molecule has 3 rings (SSSR count). The zero-order valence-corrected chi connectivity index (χ0v) is 12.6. The number of rotatable bonds is 2. The van der Waals surface area contributed by atoms with Gasteiger partial charge in [0.2, 0.25) is 5.95 Å². The number of hydrogen-bond acceptors (Lipinski definition) is 2. The monoisotopic (exact) mass is 353 g/mol. The fourth-order valence-electron chi connectivity index (χ4n) is 2.12. The van der Waals surface area contributed by atoms with E-state index in [0.29, 0.717) is 33.0 Å². The fourth-order valence-corrected chi connectivity index (χ4v) is 2.67. The third-order valence-electron chi connectivity index (χ3n) is 3.05. The molecule has 1 heterocycles. The Balaban J connectivity index is 2.11. The molecule has 0 aliphatic rings. The molecule has 1 aromatic heterocycles. The van der Waals surface area contributed by atoms with Crippen molar-refractivity contribution < 1.29 is 4.39 Å². The summed E-state index contributed by atoms with van der Waals surface area (Å²) in [5, 5.41) is 0.652. The predicted octanol–water partition coefficient (Wildman–Crippen LogP) is 4.22. The number of anilines is 1. The van der Waals surface area contributed by atoms with Gasteiger partial charge in [-0.05, 0) is 39.7 Å². The second-order valence-electron chi connectivity index (χ2n) is 4.44. The highest BCUT2D eigenvalue weighted by atomic mass is 79.9. The molecule has 2 aromatic carbocycles. The van der Waals surface area contributed by atoms with E-state index >= 15 is 0 Å². The van der Waals surface area contributed by atoms with Crippen molar-refractivity contribution in [3.63, 3.8) is 0 Å². The molecule has 0 unspecified atom stereocenters. The van der Waals surface area contributed by atoms with Crippen molar-refractivity contribution in [2.24, 2.45) is 0 Å². The van der Waals surface area contributed by atoms with Gasteiger partial charge in [-0.15, -0.1) is 0 Å². The van der Waals surface area contributed by atoms with Crippen molar-refractivity contribution in [1.82, 2.24) is 9.55 Å². The van der Waals surface area contributed by atoms with Crippen molar-refractivity contribution in [1.29, 1.82) is 0 Å². The fraction of sp³-hybridized carbons (Fsp3) is 0.0714. The normalized spacial score (nSPS) is 11.2. The number of aromatic nitrogens is 2. The Morgan fingerprint density at radius 3 is 2.85 bits per heavy atom. The van der Waals surface area contributed by atoms with Gasteiger partial charge in [0.25, 0.3) is 0 Å². The molecule has 3 aromatic rings. The largest absolute Gasteiger partial charge is 0.369 e. The second kappa shape index (κ2) is 5.07. The van der Waals surface area contributed by atoms with Gasteiger partial charge in [-0.2, -0.15) is 0 Å². The molecule has 0 radical (unpaired) electrons. The van der Waals surface area contributed by atoms with Crippen LogP contribution < -0.4 is 5.73 Å². The first-order chi connectivity index (χ1) is 9.54. The molecule has 0 atom stereocenters. The summed E-state index contributed by atoms with van der Waals surface area (Å²) in [6.07, 6.45) is 0. The van der Waals surface area contributed by atoms with Gasteiger partial charge < -0.3 is 10.3 Å². The van der Waals surface area contributed by atoms with Gasteiger partial charge in [0, 0.05) is 11.1 Å². The van der Waals surface area contributed by atoms with E-state index in [1.165, 1.54) is 6.07 Å². The van der Waals surface area contributed by atoms with E-state index in [0.717, 1.165) is 5.56 Å². The first-order valence-electron chi connectivity index (χ1n) is 5.90. The molecule has 0 saturated heterocycles. The molecule has 6 heteroatoms. The highest BCUT2D eigenvalue weighted by molar-refractivity contribution is 9.10. The summed E-state index contributed by atoms with van der Waals surface area (Å²) in [6.45, 7) is 0.490. The van der Waals surface area contributed by atoms with Gasteiger partial charge in [-0.1, -0.05) is 23.7 Å². The molecule has 0 amide bonds. The Morgan fingerprint density at radius 2 is 2.10 bits per heavy atom. The summed E-state index contributed by atoms with van der Waals surface area (Å²) in [6, 6.07) is 10.5. The molecule has 0 saturated carbocycles. The first kappa shape index (κ1) is 13.4. The van der Waals surface area contributed by atoms with E-state index in [-0.39, 0.29) is 5.82 Å². The van der Waals surface area contributed by atoms with Crippen molar-refractivity contribution in [3.05, 3.63) is 57.3 Å². The Morgan fingerprint density at radius 1 is 1.30 bits per heavy atom. The van der Waals surface area contributed by atoms with E-state index in [2.05, 4.69) is 20.9 Å². The van der Waals surface area contributed by atoms with Crippen molar-refractivity contribution in [3.8, 4) is 0 Å². The maximum Gasteiger partial charge on any atom is 0.201 e. The molecule has 102 valence electrons. The minimum absolute atomic E-state index is 0.343. The quantitative estimate of drug-likeness (QED) is 0.749. The van der Waals surface area contributed by atoms with Crippen LogP contribution in [-0.2, 0) is 6.54 Å². The van der Waals surface area contributed by atoms with Crippen LogP contribution in [0.1, 0.15) is 5.56 Å². The average molecular weight is 355 g/mol. The Bertz CT molecular complexity index is 800. The highest BCUT2D eigenvalue weighted by Gasteiger charge is 2.12. The Hall–Kier alpha value is -1.59. The third-order valence-corrected chi connectivity index (χ3v) is 3.89. The standard InChI is InChI=1S/C14H10BrClFN3/c15-10-5-12-13(6-11(10)17)20(14(18)19-12)7-8-2-1-3-9(16)4-8/h1-6H,7H2,(H2,18,19). The number of nitrogen functional groups attached to an aromatic ring is 1. The molecule has 0 spiro atoms. The average Bonchev–Trinajstić information content (AvgIpc) is 2.67. The maximum absolute atomic E-state index is 13.7. The van der Waals surface area contributed by atoms with Gasteiger partial charge in [-0.3, -0.25) is 0 Å². The molecular weight excluding hydrogens is 345 g/mol. The van der Waals surface area contributed by atoms with Crippen LogP contribution in [0.5, 0.6) is 0 Å². The molecular formula is C14H10BrClFN3. The summed E-state index contributed by atoms with van der Waals surface area (Å²) in [4.78, 5) is 4.24. The summed E-state index contributed by atoms with van der Waals surface area (Å²) in [5.41, 5.74) is 8.21. The lowest BCUT2D eigenvalue weighted by Crippen LogP contribution is -2.04. The van der Waals surface area contributed by atoms with Crippen LogP contribution in [0.25, 0.3) is 11.0 Å². The topological polar surface area (TPSA) is 43.8 Å². The van der Waals surface area contributed by atoms with Gasteiger partial charge in [0.1, 0.15) is 5.82 Å². The summed E-state index contributed by atoms with van der Waals surface area (Å²) in [5.74, 6) is 0.00206. The van der Waals surface area contributed by atoms with Gasteiger partial charge in [0.05, 0.1) is 22.1 Å². The van der Waals surface area contributed by atoms with E-state index in [9.17, 15) is 4.39 Å². The SMILES string of the molecule is Nc1nc2cc(Br)c(F)cc2n1Cc1cccc(Cl)c1. The Kier molecular flexibility index (Phi) is 3.40. The molecule has 20 heavy (non-hydrogen) atoms. The van der Waals surface area contributed by atoms with Crippen LogP contribution >= 0.6 is 27.5 Å². The second-order valence-corrected chi connectivity index (χ2v) is 5.73. The number of hydrogen-bond donors (Lipinski definition) is 1. The number of imidazole rings is 1. The number of benzene rings is 2. The lowest BCUT2D eigenvalue weighted by Gasteiger charge is -2.07. The number of halogens is 3. The minimum Gasteiger partial charge on any atom is -0.369 e. The van der Waals surface area contributed by atoms with Crippen LogP contribution in [0.15, 0.2) is 40.9 Å². The summed E-state index contributed by atoms with van der Waals surface area (Å²) in [7, 11) is 0. The first-order valence-corrected chi connectivity index (χ1v) is 7.07. The van der Waals surface area contributed by atoms with Crippen LogP contribution in [-0.4, -0.2) is 9.55 Å². The van der Waals surface area contributed by atoms with Crippen LogP contribution in [0, 0.1) is 5.82 Å². The molecule has 0 bridgehead atoms. The zero-order chi connectivity index (χ0) is 14.3. The van der Waals surface area contributed by atoms with Crippen LogP contribution in [0.4, 0.5) is 10.3 Å². The molecule has 3 nitrogen and oxygen atoms in total. The third kappa shape index (κ3) is 2.39. The van der Waals surface area contributed by atoms with E-state index in [1.807, 2.05) is 18.2 Å². The van der Waals surface area contributed by atoms with Crippen molar-refractivity contribution >= 4 is 44.5 Å². The maximum atomic E-state index is 13.7. The van der Waals surface area contributed by atoms with Crippen LogP contribution in [0.2, 0.25) is 5.02 Å². The zero-order valence-electron chi connectivity index (χ0n) is 10.3. The van der Waals surface area contributed by atoms with Gasteiger partial charge >= 0.3 is 0 Å². The van der Waals surface area contributed by atoms with Crippen molar-refractivity contribution in [2.45, 2.75) is 6.54 Å². The lowest BCUT2D eigenvalue weighted by molar-refractivity contribution is 0.622. The number of nitrogens with zero attached hydrogens (tertiary/aromatic N) is 2. The molecule has 2 N–H and O–H groups in total. The number of nitrogens with two attached hydrogens (primary N) is 1.